The molecule has 1 aliphatic rings. The lowest BCUT2D eigenvalue weighted by atomic mass is 9.95. The summed E-state index contributed by atoms with van der Waals surface area (Å²) in [5.74, 6) is -6.78. The first-order chi connectivity index (χ1) is 26.4. The zero-order valence-corrected chi connectivity index (χ0v) is 36.1. The van der Waals surface area contributed by atoms with Gasteiger partial charge in [-0.15, -0.1) is 6.58 Å². The van der Waals surface area contributed by atoms with Crippen LogP contribution in [0, 0.1) is 23.7 Å². The van der Waals surface area contributed by atoms with E-state index in [1.165, 1.54) is 44.8 Å². The van der Waals surface area contributed by atoms with E-state index in [1.54, 1.807) is 40.7 Å². The fourth-order valence-electron chi connectivity index (χ4n) is 6.63. The van der Waals surface area contributed by atoms with E-state index in [2.05, 4.69) is 17.2 Å². The minimum absolute atomic E-state index is 0.0477. The van der Waals surface area contributed by atoms with Crippen molar-refractivity contribution in [1.29, 1.82) is 0 Å². The first kappa shape index (κ1) is 50.9. The van der Waals surface area contributed by atoms with Crippen LogP contribution < -0.4 is 16.4 Å². The Bertz CT molecular complexity index is 1430. The molecule has 17 heteroatoms. The van der Waals surface area contributed by atoms with Gasteiger partial charge in [-0.3, -0.25) is 28.8 Å². The van der Waals surface area contributed by atoms with Crippen molar-refractivity contribution >= 4 is 41.4 Å². The van der Waals surface area contributed by atoms with Crippen LogP contribution in [-0.2, 0) is 33.6 Å². The summed E-state index contributed by atoms with van der Waals surface area (Å²) >= 11 is 0. The van der Waals surface area contributed by atoms with Crippen LogP contribution in [0.4, 0.5) is 0 Å². The highest BCUT2D eigenvalue weighted by Gasteiger charge is 2.43. The number of likely N-dealkylation sites (N-methyl/N-ethyl adjacent to an activating group) is 3. The van der Waals surface area contributed by atoms with E-state index in [-0.39, 0.29) is 31.2 Å². The number of aliphatic hydroxyl groups is 2. The van der Waals surface area contributed by atoms with Gasteiger partial charge in [-0.1, -0.05) is 61.0 Å². The van der Waals surface area contributed by atoms with Gasteiger partial charge in [0.15, 0.2) is 6.04 Å². The number of nitrogens with one attached hydrogen (secondary N) is 2. The molecule has 6 amide bonds. The molecule has 0 radical (unpaired) electrons. The summed E-state index contributed by atoms with van der Waals surface area (Å²) in [6, 6.07) is -8.43. The predicted octanol–water partition coefficient (Wildman–Crippen LogP) is 0.562. The van der Waals surface area contributed by atoms with Crippen LogP contribution in [0.3, 0.4) is 0 Å². The lowest BCUT2D eigenvalue weighted by Gasteiger charge is -2.40. The monoisotopic (exact) mass is 810 g/mol. The molecule has 1 rings (SSSR count). The Morgan fingerprint density at radius 3 is 1.84 bits per heavy atom. The van der Waals surface area contributed by atoms with Crippen molar-refractivity contribution in [2.75, 3.05) is 27.7 Å². The highest BCUT2D eigenvalue weighted by atomic mass is 16.4. The Morgan fingerprint density at radius 1 is 0.807 bits per heavy atom. The van der Waals surface area contributed by atoms with Crippen molar-refractivity contribution in [2.24, 2.45) is 29.4 Å². The van der Waals surface area contributed by atoms with Crippen molar-refractivity contribution in [1.82, 2.24) is 30.2 Å². The van der Waals surface area contributed by atoms with Gasteiger partial charge in [-0.25, -0.2) is 4.79 Å². The first-order valence-electron chi connectivity index (χ1n) is 20.1. The molecule has 0 spiro atoms. The smallest absolute Gasteiger partial charge is 0.328 e. The fourth-order valence-corrected chi connectivity index (χ4v) is 6.63. The lowest BCUT2D eigenvalue weighted by Crippen LogP contribution is -2.63. The molecule has 0 aromatic heterocycles. The molecule has 0 aromatic rings. The Hall–Kier alpha value is -4.09. The molecular weight excluding hydrogens is 738 g/mol. The molecule has 1 fully saturated rings. The van der Waals surface area contributed by atoms with E-state index >= 15 is 0 Å². The number of carboxylic acid groups (broad SMARTS) is 1. The Morgan fingerprint density at radius 2 is 1.35 bits per heavy atom. The van der Waals surface area contributed by atoms with E-state index in [9.17, 15) is 48.9 Å². The number of piperidine rings is 1. The average Bonchev–Trinajstić information content (AvgIpc) is 3.18. The molecule has 0 saturated carbocycles. The van der Waals surface area contributed by atoms with E-state index < -0.39 is 108 Å². The molecule has 0 aliphatic carbocycles. The maximum Gasteiger partial charge on any atom is 0.328 e. The van der Waals surface area contributed by atoms with Crippen LogP contribution in [0.2, 0.25) is 0 Å². The molecule has 2 unspecified atom stereocenters. The van der Waals surface area contributed by atoms with Crippen LogP contribution in [0.25, 0.3) is 0 Å². The molecule has 1 heterocycles. The molecule has 1 aliphatic heterocycles. The molecule has 326 valence electrons. The topological polar surface area (TPSA) is 243 Å². The third-order valence-electron chi connectivity index (χ3n) is 11.5. The number of aliphatic carboxylic acids is 1. The van der Waals surface area contributed by atoms with Gasteiger partial charge < -0.3 is 51.3 Å². The summed E-state index contributed by atoms with van der Waals surface area (Å²) in [7, 11) is 4.17. The summed E-state index contributed by atoms with van der Waals surface area (Å²) in [4.78, 5) is 99.4. The summed E-state index contributed by atoms with van der Waals surface area (Å²) < 4.78 is 0. The maximum absolute atomic E-state index is 14.2. The second-order valence-corrected chi connectivity index (χ2v) is 16.4. The number of amides is 6. The molecule has 0 aromatic carbocycles. The number of carbonyl (C=O) groups is 7. The van der Waals surface area contributed by atoms with Gasteiger partial charge in [0, 0.05) is 27.7 Å². The zero-order chi connectivity index (χ0) is 44.2. The van der Waals surface area contributed by atoms with Crippen LogP contribution >= 0.6 is 0 Å². The number of nitrogens with zero attached hydrogens (tertiary/aromatic N) is 4. The number of carboxylic acids is 1. The molecular formula is C40H71N7O10. The van der Waals surface area contributed by atoms with Gasteiger partial charge in [-0.05, 0) is 63.2 Å². The Balaban J connectivity index is 3.41. The molecule has 11 atom stereocenters. The van der Waals surface area contributed by atoms with Crippen LogP contribution in [0.15, 0.2) is 12.7 Å². The molecule has 7 N–H and O–H groups in total. The number of likely N-dealkylation sites (tertiary alicyclic amines) is 1. The van der Waals surface area contributed by atoms with Crippen LogP contribution in [0.5, 0.6) is 0 Å². The fraction of sp³-hybridized carbons (Fsp3) is 0.775. The van der Waals surface area contributed by atoms with Gasteiger partial charge in [0.1, 0.15) is 30.2 Å². The number of rotatable bonds is 21. The normalized spacial score (nSPS) is 19.7. The number of hydrogen-bond donors (Lipinski definition) is 6. The van der Waals surface area contributed by atoms with Gasteiger partial charge in [-0.2, -0.15) is 0 Å². The van der Waals surface area contributed by atoms with E-state index in [4.69, 9.17) is 5.73 Å². The van der Waals surface area contributed by atoms with Gasteiger partial charge >= 0.3 is 5.97 Å². The second-order valence-electron chi connectivity index (χ2n) is 16.4. The minimum Gasteiger partial charge on any atom is -0.480 e. The number of aliphatic hydroxyl groups excluding tert-OH is 2. The third-order valence-corrected chi connectivity index (χ3v) is 11.5. The predicted molar refractivity (Wildman–Crippen MR) is 215 cm³/mol. The second kappa shape index (κ2) is 22.7. The number of allylic oxidation sites excluding steroid dienone is 1. The van der Waals surface area contributed by atoms with Gasteiger partial charge in [0.05, 0.1) is 18.2 Å². The standard InChI is InChI=1S/C40H71N7O10/c1-14-23(7)20-27(42-35(51)31(33(49)22(5)6)46(13)36(52)25(9)45(12)39(55)29(41)24(8)15-2)38(54)44(11)26(10)37(53)47-19-17-16-18-28(47)34(50)43-30(40(56)57)32(48)21(3)4/h14,21-33,48-49H,1,15-20,41H2,2-13H3,(H,42,51)(H,43,50)(H,56,57)/t23-,24-,25-,26-,27-,28+,29?,30?,31-,32+,33-/m0/s1. The zero-order valence-electron chi connectivity index (χ0n) is 36.1. The van der Waals surface area contributed by atoms with Crippen molar-refractivity contribution in [3.63, 3.8) is 0 Å². The molecule has 57 heavy (non-hydrogen) atoms. The summed E-state index contributed by atoms with van der Waals surface area (Å²) in [5.41, 5.74) is 6.16. The van der Waals surface area contributed by atoms with Crippen molar-refractivity contribution < 1.29 is 48.9 Å². The highest BCUT2D eigenvalue weighted by Crippen LogP contribution is 2.22. The Labute approximate surface area is 338 Å². The minimum atomic E-state index is -1.60. The van der Waals surface area contributed by atoms with Crippen LogP contribution in [-0.4, -0.2) is 159 Å². The number of hydrogen-bond acceptors (Lipinski definition) is 10. The molecule has 0 bridgehead atoms. The van der Waals surface area contributed by atoms with E-state index in [0.717, 1.165) is 9.80 Å². The van der Waals surface area contributed by atoms with Gasteiger partial charge in [0.25, 0.3) is 0 Å². The van der Waals surface area contributed by atoms with Gasteiger partial charge in [0.2, 0.25) is 35.4 Å². The SMILES string of the molecule is C=C[C@H](C)C[C@H](NC(=O)[C@H]([C@@H](O)C(C)C)N(C)C(=O)[C@H](C)N(C)C(=O)C(N)[C@@H](C)CC)C(=O)N(C)[C@@H](C)C(=O)N1CCCC[C@@H]1C(=O)NC(C(=O)O)[C@H](O)C(C)C. The van der Waals surface area contributed by atoms with E-state index in [0.29, 0.717) is 19.3 Å². The van der Waals surface area contributed by atoms with Crippen molar-refractivity contribution in [2.45, 2.75) is 149 Å². The van der Waals surface area contributed by atoms with E-state index in [1.807, 2.05) is 13.8 Å². The number of nitrogens with two attached hydrogens (primary N) is 1. The molecule has 1 saturated heterocycles. The van der Waals surface area contributed by atoms with Crippen molar-refractivity contribution in [3.05, 3.63) is 12.7 Å². The highest BCUT2D eigenvalue weighted by molar-refractivity contribution is 5.97. The maximum atomic E-state index is 14.2. The summed E-state index contributed by atoms with van der Waals surface area (Å²) in [5, 5.41) is 36.6. The largest absolute Gasteiger partial charge is 0.480 e. The summed E-state index contributed by atoms with van der Waals surface area (Å²) in [6.45, 7) is 19.0. The van der Waals surface area contributed by atoms with Crippen molar-refractivity contribution in [3.8, 4) is 0 Å². The Kier molecular flexibility index (Phi) is 20.3. The third kappa shape index (κ3) is 13.2. The average molecular weight is 810 g/mol. The van der Waals surface area contributed by atoms with Crippen LogP contribution in [0.1, 0.15) is 94.4 Å². The lowest BCUT2D eigenvalue weighted by molar-refractivity contribution is -0.153. The first-order valence-corrected chi connectivity index (χ1v) is 20.1. The summed E-state index contributed by atoms with van der Waals surface area (Å²) in [6.07, 6.45) is 0.905. The number of carbonyl (C=O) groups excluding carboxylic acids is 6. The quantitative estimate of drug-likeness (QED) is 0.0876. The molecule has 17 nitrogen and oxygen atoms in total.